The number of hydrogen-bond acceptors (Lipinski definition) is 5. The van der Waals surface area contributed by atoms with Crippen LogP contribution in [0.25, 0.3) is 0 Å². The van der Waals surface area contributed by atoms with Gasteiger partial charge in [-0.05, 0) is 72.8 Å². The van der Waals surface area contributed by atoms with Crippen molar-refractivity contribution >= 4 is 11.7 Å². The Kier molecular flexibility index (Phi) is 6.94. The Labute approximate surface area is 198 Å². The Balaban J connectivity index is 1.53. The molecule has 0 spiro atoms. The highest BCUT2D eigenvalue weighted by molar-refractivity contribution is 5.70. The zero-order chi connectivity index (χ0) is 24.2. The van der Waals surface area contributed by atoms with E-state index in [0.717, 1.165) is 41.0 Å². The number of nitriles is 1. The Morgan fingerprint density at radius 3 is 2.91 bits per heavy atom. The van der Waals surface area contributed by atoms with E-state index < -0.39 is 11.8 Å². The highest BCUT2D eigenvalue weighted by Gasteiger charge is 2.30. The maximum atomic E-state index is 14.2. The molecule has 2 aromatic carbocycles. The quantitative estimate of drug-likeness (QED) is 0.474. The second-order valence-electron chi connectivity index (χ2n) is 8.79. The maximum absolute atomic E-state index is 14.2. The summed E-state index contributed by atoms with van der Waals surface area (Å²) < 4.78 is 16.0. The molecule has 0 amide bonds. The lowest BCUT2D eigenvalue weighted by molar-refractivity contribution is -0.136. The van der Waals surface area contributed by atoms with Crippen LogP contribution in [0.15, 0.2) is 42.6 Å². The Morgan fingerprint density at radius 2 is 2.21 bits per heavy atom. The Hall–Kier alpha value is -3.70. The lowest BCUT2D eigenvalue weighted by Gasteiger charge is -2.33. The van der Waals surface area contributed by atoms with Crippen molar-refractivity contribution in [1.82, 2.24) is 15.1 Å². The summed E-state index contributed by atoms with van der Waals surface area (Å²) in [5.41, 5.74) is 5.70. The number of anilines is 1. The molecule has 0 radical (unpaired) electrons. The fourth-order valence-corrected chi connectivity index (χ4v) is 4.79. The lowest BCUT2D eigenvalue weighted by atomic mass is 9.84. The third kappa shape index (κ3) is 4.95. The van der Waals surface area contributed by atoms with Gasteiger partial charge >= 0.3 is 5.97 Å². The first-order valence-corrected chi connectivity index (χ1v) is 11.3. The van der Waals surface area contributed by atoms with Crippen molar-refractivity contribution in [3.63, 3.8) is 0 Å². The van der Waals surface area contributed by atoms with E-state index in [0.29, 0.717) is 18.5 Å². The summed E-state index contributed by atoms with van der Waals surface area (Å²) in [6, 6.07) is 13.1. The van der Waals surface area contributed by atoms with Crippen LogP contribution in [0.5, 0.6) is 0 Å². The number of nitrogens with zero attached hydrogens (tertiary/aromatic N) is 3. The molecular weight excluding hydrogens is 433 g/mol. The molecule has 3 aromatic rings. The van der Waals surface area contributed by atoms with Crippen molar-refractivity contribution in [2.75, 3.05) is 18.4 Å². The van der Waals surface area contributed by atoms with Gasteiger partial charge in [0.25, 0.3) is 0 Å². The molecule has 0 unspecified atom stereocenters. The van der Waals surface area contributed by atoms with Gasteiger partial charge in [0, 0.05) is 31.4 Å². The van der Waals surface area contributed by atoms with E-state index in [1.165, 1.54) is 6.07 Å². The van der Waals surface area contributed by atoms with E-state index in [1.54, 1.807) is 12.3 Å². The van der Waals surface area contributed by atoms with Gasteiger partial charge in [0.1, 0.15) is 5.82 Å². The van der Waals surface area contributed by atoms with Crippen molar-refractivity contribution in [3.05, 3.63) is 81.9 Å². The van der Waals surface area contributed by atoms with Gasteiger partial charge in [0.05, 0.1) is 29.8 Å². The van der Waals surface area contributed by atoms with Crippen molar-refractivity contribution in [2.24, 2.45) is 13.0 Å². The fourth-order valence-electron chi connectivity index (χ4n) is 4.79. The molecule has 0 fully saturated rings. The number of aromatic nitrogens is 2. The topological polar surface area (TPSA) is 103 Å². The average molecular weight is 462 g/mol. The van der Waals surface area contributed by atoms with Crippen LogP contribution in [0, 0.1) is 30.0 Å². The second-order valence-corrected chi connectivity index (χ2v) is 8.79. The molecule has 0 aliphatic carbocycles. The summed E-state index contributed by atoms with van der Waals surface area (Å²) in [6.07, 6.45) is 2.83. The zero-order valence-electron chi connectivity index (χ0n) is 19.3. The van der Waals surface area contributed by atoms with Gasteiger partial charge in [0.2, 0.25) is 0 Å². The molecule has 3 N–H and O–H groups in total. The van der Waals surface area contributed by atoms with E-state index in [-0.39, 0.29) is 23.9 Å². The van der Waals surface area contributed by atoms with Gasteiger partial charge in [-0.25, -0.2) is 4.39 Å². The molecule has 4 rings (SSSR count). The molecular formula is C26H28FN5O2. The monoisotopic (exact) mass is 461 g/mol. The summed E-state index contributed by atoms with van der Waals surface area (Å²) in [4.78, 5) is 11.1. The van der Waals surface area contributed by atoms with Crippen LogP contribution in [-0.4, -0.2) is 33.9 Å². The predicted octanol–water partition coefficient (Wildman–Crippen LogP) is 3.52. The molecule has 0 bridgehead atoms. The van der Waals surface area contributed by atoms with Crippen LogP contribution in [0.3, 0.4) is 0 Å². The third-order valence-corrected chi connectivity index (χ3v) is 6.57. The average Bonchev–Trinajstić information content (AvgIpc) is 3.23. The van der Waals surface area contributed by atoms with Gasteiger partial charge in [0.15, 0.2) is 0 Å². The number of aryl methyl sites for hydroxylation is 2. The molecule has 1 aliphatic rings. The molecule has 8 heteroatoms. The number of benzene rings is 2. The molecule has 1 aromatic heterocycles. The number of carbonyl (C=O) groups is 1. The summed E-state index contributed by atoms with van der Waals surface area (Å²) in [6.45, 7) is 3.22. The number of hydrogen-bond donors (Lipinski definition) is 3. The van der Waals surface area contributed by atoms with E-state index in [4.69, 9.17) is 5.11 Å². The van der Waals surface area contributed by atoms with E-state index in [2.05, 4.69) is 21.8 Å². The van der Waals surface area contributed by atoms with Crippen LogP contribution in [-0.2, 0) is 31.1 Å². The Bertz CT molecular complexity index is 1250. The molecule has 0 saturated carbocycles. The molecule has 176 valence electrons. The van der Waals surface area contributed by atoms with Gasteiger partial charge in [-0.1, -0.05) is 12.1 Å². The summed E-state index contributed by atoms with van der Waals surface area (Å²) in [5.74, 6) is -1.34. The maximum Gasteiger partial charge on any atom is 0.307 e. The van der Waals surface area contributed by atoms with Crippen molar-refractivity contribution in [1.29, 1.82) is 5.26 Å². The number of nitrogens with one attached hydrogen (secondary N) is 2. The van der Waals surface area contributed by atoms with Gasteiger partial charge in [-0.2, -0.15) is 10.4 Å². The van der Waals surface area contributed by atoms with Crippen molar-refractivity contribution in [2.45, 2.75) is 32.2 Å². The van der Waals surface area contributed by atoms with Gasteiger partial charge < -0.3 is 15.7 Å². The molecule has 2 atom stereocenters. The largest absolute Gasteiger partial charge is 0.481 e. The minimum absolute atomic E-state index is 0.0147. The van der Waals surface area contributed by atoms with E-state index >= 15 is 0 Å². The van der Waals surface area contributed by atoms with Crippen molar-refractivity contribution < 1.29 is 14.3 Å². The van der Waals surface area contributed by atoms with Crippen LogP contribution in [0.4, 0.5) is 10.1 Å². The predicted molar refractivity (Wildman–Crippen MR) is 127 cm³/mol. The van der Waals surface area contributed by atoms with Crippen LogP contribution < -0.4 is 10.6 Å². The number of fused-ring (bicyclic) bond motifs is 1. The Morgan fingerprint density at radius 1 is 1.38 bits per heavy atom. The molecule has 0 saturated heterocycles. The zero-order valence-corrected chi connectivity index (χ0v) is 19.3. The van der Waals surface area contributed by atoms with E-state index in [1.807, 2.05) is 42.9 Å². The van der Waals surface area contributed by atoms with Crippen LogP contribution >= 0.6 is 0 Å². The smallest absolute Gasteiger partial charge is 0.307 e. The summed E-state index contributed by atoms with van der Waals surface area (Å²) >= 11 is 0. The molecule has 7 nitrogen and oxygen atoms in total. The molecule has 2 heterocycles. The number of carboxylic acid groups (broad SMARTS) is 1. The number of aliphatic carboxylic acids is 1. The molecule has 1 aliphatic heterocycles. The second kappa shape index (κ2) is 10.1. The number of halogens is 1. The lowest BCUT2D eigenvalue weighted by Crippen LogP contribution is -2.38. The van der Waals surface area contributed by atoms with E-state index in [9.17, 15) is 14.4 Å². The van der Waals surface area contributed by atoms with Crippen LogP contribution in [0.2, 0.25) is 0 Å². The molecule has 34 heavy (non-hydrogen) atoms. The highest BCUT2D eigenvalue weighted by atomic mass is 19.1. The summed E-state index contributed by atoms with van der Waals surface area (Å²) in [7, 11) is 1.91. The number of carboxylic acids is 1. The first-order valence-electron chi connectivity index (χ1n) is 11.3. The standard InChI is InChI=1S/C26H28FN5O2/c1-16-10-22(27)19(13-25(33)34)11-17(16)6-8-29-26(24-7-9-31-32(24)2)20-12-21-18(14-28)4-3-5-23(21)30-15-20/h3-5,7,9-11,20,26,29-30H,6,8,12-13,15H2,1-2H3,(H,33,34)/t20-,26+/m1/s1. The first kappa shape index (κ1) is 23.5. The number of rotatable bonds is 8. The minimum atomic E-state index is -1.05. The highest BCUT2D eigenvalue weighted by Crippen LogP contribution is 2.34. The SMILES string of the molecule is Cc1cc(F)c(CC(=O)O)cc1CCN[C@H](c1ccnn1C)[C@H]1CNc2cccc(C#N)c2C1. The normalized spacial score (nSPS) is 15.8. The summed E-state index contributed by atoms with van der Waals surface area (Å²) in [5, 5.41) is 30.1. The fraction of sp³-hybridized carbons (Fsp3) is 0.346. The first-order chi connectivity index (χ1) is 16.4. The van der Waals surface area contributed by atoms with Crippen LogP contribution in [0.1, 0.15) is 39.6 Å². The minimum Gasteiger partial charge on any atom is -0.481 e. The van der Waals surface area contributed by atoms with Gasteiger partial charge in [-0.15, -0.1) is 0 Å². The van der Waals surface area contributed by atoms with Gasteiger partial charge in [-0.3, -0.25) is 9.48 Å². The van der Waals surface area contributed by atoms with Crippen molar-refractivity contribution in [3.8, 4) is 6.07 Å². The third-order valence-electron chi connectivity index (χ3n) is 6.57.